The number of Topliss-reactive ketones (excluding diaryl/α,β-unsaturated/α-hetero) is 1. The zero-order valence-electron chi connectivity index (χ0n) is 27.3. The Morgan fingerprint density at radius 3 is 1.38 bits per heavy atom. The summed E-state index contributed by atoms with van der Waals surface area (Å²) in [5, 5.41) is 5.13. The molecule has 45 heavy (non-hydrogen) atoms. The van der Waals surface area contributed by atoms with Crippen LogP contribution in [0.4, 0.5) is 0 Å². The molecule has 0 aliphatic heterocycles. The second-order valence-electron chi connectivity index (χ2n) is 13.7. The van der Waals surface area contributed by atoms with Crippen molar-refractivity contribution in [1.82, 2.24) is 20.4 Å². The van der Waals surface area contributed by atoms with Crippen LogP contribution in [0.5, 0.6) is 0 Å². The Labute approximate surface area is 268 Å². The van der Waals surface area contributed by atoms with Gasteiger partial charge in [0.2, 0.25) is 11.8 Å². The SMILES string of the molecule is CN(CCCN(CCC(=O)NC(C)(C)CS(=O)(=O)O)CCC(=O)NC(C)(C)CS(=O)(=O)O)CCC(=O)CC(C)(C)CS(=O)(=O)O. The van der Waals surface area contributed by atoms with E-state index in [1.807, 2.05) is 9.80 Å². The number of nitrogens with one attached hydrogen (secondary N) is 2. The zero-order chi connectivity index (χ0) is 35.5. The minimum Gasteiger partial charge on any atom is -0.350 e. The number of hydrogen-bond acceptors (Lipinski definition) is 11. The van der Waals surface area contributed by atoms with Gasteiger partial charge in [-0.2, -0.15) is 25.3 Å². The summed E-state index contributed by atoms with van der Waals surface area (Å²) in [5.74, 6) is -2.98. The standard InChI is InChI=1S/C26H52N4O12S3/c1-24(2,18-43(34,35)36)17-21(31)9-14-29(7)12-8-13-30(15-10-22(32)27-25(3,4)19-44(37,38)39)16-11-23(33)28-26(5,6)20-45(40,41)42/h8-20H2,1-7H3,(H,27,32)(H,28,33)(H,34,35,36)(H,37,38,39)(H,40,41,42). The quantitative estimate of drug-likeness (QED) is 0.0892. The van der Waals surface area contributed by atoms with E-state index in [2.05, 4.69) is 10.6 Å². The predicted octanol–water partition coefficient (Wildman–Crippen LogP) is 0.219. The van der Waals surface area contributed by atoms with E-state index in [1.165, 1.54) is 27.7 Å². The number of ketones is 1. The first-order valence-corrected chi connectivity index (χ1v) is 19.2. The summed E-state index contributed by atoms with van der Waals surface area (Å²) in [6.07, 6.45) is 0.641. The van der Waals surface area contributed by atoms with Gasteiger partial charge in [-0.25, -0.2) is 0 Å². The molecule has 19 heteroatoms. The van der Waals surface area contributed by atoms with Crippen LogP contribution in [0.25, 0.3) is 0 Å². The average molecular weight is 709 g/mol. The molecule has 0 aliphatic carbocycles. The van der Waals surface area contributed by atoms with Gasteiger partial charge in [-0.3, -0.25) is 28.0 Å². The topological polar surface area (TPSA) is 245 Å². The molecule has 0 unspecified atom stereocenters. The fourth-order valence-corrected chi connectivity index (χ4v) is 7.94. The first-order valence-electron chi connectivity index (χ1n) is 14.4. The molecule has 0 aromatic carbocycles. The third kappa shape index (κ3) is 25.1. The molecule has 0 rings (SSSR count). The molecule has 0 bridgehead atoms. The van der Waals surface area contributed by atoms with E-state index in [-0.39, 0.29) is 44.6 Å². The summed E-state index contributed by atoms with van der Waals surface area (Å²) < 4.78 is 94.7. The summed E-state index contributed by atoms with van der Waals surface area (Å²) in [5.41, 5.74) is -3.36. The highest BCUT2D eigenvalue weighted by molar-refractivity contribution is 7.86. The first-order chi connectivity index (χ1) is 20.0. The second kappa shape index (κ2) is 17.4. The largest absolute Gasteiger partial charge is 0.350 e. The highest BCUT2D eigenvalue weighted by Gasteiger charge is 2.29. The van der Waals surface area contributed by atoms with Crippen LogP contribution in [0.15, 0.2) is 0 Å². The van der Waals surface area contributed by atoms with Gasteiger partial charge >= 0.3 is 0 Å². The van der Waals surface area contributed by atoms with Crippen LogP contribution in [0.1, 0.15) is 73.6 Å². The van der Waals surface area contributed by atoms with Gasteiger partial charge in [0.25, 0.3) is 30.4 Å². The van der Waals surface area contributed by atoms with Gasteiger partial charge < -0.3 is 20.4 Å². The predicted molar refractivity (Wildman–Crippen MR) is 170 cm³/mol. The number of carbonyl (C=O) groups excluding carboxylic acids is 3. The smallest absolute Gasteiger partial charge is 0.267 e. The van der Waals surface area contributed by atoms with Crippen molar-refractivity contribution >= 4 is 48.0 Å². The second-order valence-corrected chi connectivity index (χ2v) is 18.0. The van der Waals surface area contributed by atoms with Crippen LogP contribution >= 0.6 is 0 Å². The number of hydrogen-bond donors (Lipinski definition) is 5. The fourth-order valence-electron chi connectivity index (χ4n) is 4.88. The van der Waals surface area contributed by atoms with E-state index >= 15 is 0 Å². The normalized spacial score (nSPS) is 13.7. The Morgan fingerprint density at radius 1 is 0.600 bits per heavy atom. The van der Waals surface area contributed by atoms with Gasteiger partial charge in [0.05, 0.1) is 28.3 Å². The van der Waals surface area contributed by atoms with Gasteiger partial charge in [0.15, 0.2) is 0 Å². The third-order valence-electron chi connectivity index (χ3n) is 6.39. The van der Waals surface area contributed by atoms with Crippen molar-refractivity contribution in [1.29, 1.82) is 0 Å². The maximum absolute atomic E-state index is 12.6. The Kier molecular flexibility index (Phi) is 16.7. The molecular weight excluding hydrogens is 657 g/mol. The Balaban J connectivity index is 5.15. The van der Waals surface area contributed by atoms with Gasteiger partial charge in [0, 0.05) is 45.3 Å². The molecular formula is C26H52N4O12S3. The van der Waals surface area contributed by atoms with Crippen molar-refractivity contribution in [3.8, 4) is 0 Å². The van der Waals surface area contributed by atoms with E-state index in [0.29, 0.717) is 26.1 Å². The summed E-state index contributed by atoms with van der Waals surface area (Å²) >= 11 is 0. The number of carbonyl (C=O) groups is 3. The van der Waals surface area contributed by atoms with Crippen LogP contribution < -0.4 is 10.6 Å². The van der Waals surface area contributed by atoms with E-state index in [9.17, 15) is 39.6 Å². The van der Waals surface area contributed by atoms with Gasteiger partial charge in [-0.05, 0) is 59.7 Å². The fraction of sp³-hybridized carbons (Fsp3) is 0.885. The molecule has 0 atom stereocenters. The lowest BCUT2D eigenvalue weighted by molar-refractivity contribution is -0.123. The molecule has 16 nitrogen and oxygen atoms in total. The molecule has 0 heterocycles. The maximum atomic E-state index is 12.6. The van der Waals surface area contributed by atoms with Crippen molar-refractivity contribution in [3.63, 3.8) is 0 Å². The molecule has 0 saturated carbocycles. The Morgan fingerprint density at radius 2 is 1.00 bits per heavy atom. The number of rotatable bonds is 23. The molecule has 5 N–H and O–H groups in total. The minimum atomic E-state index is -4.33. The molecule has 0 fully saturated rings. The lowest BCUT2D eigenvalue weighted by atomic mass is 9.89. The first kappa shape index (κ1) is 43.3. The Hall–Kier alpha value is -1.74. The van der Waals surface area contributed by atoms with Gasteiger partial charge in [-0.15, -0.1) is 0 Å². The summed E-state index contributed by atoms with van der Waals surface area (Å²) in [4.78, 5) is 41.2. The number of nitrogens with zero attached hydrogens (tertiary/aromatic N) is 2. The molecule has 0 spiro atoms. The van der Waals surface area contributed by atoms with Crippen molar-refractivity contribution in [2.45, 2.75) is 84.7 Å². The van der Waals surface area contributed by atoms with Gasteiger partial charge in [-0.1, -0.05) is 13.8 Å². The molecule has 266 valence electrons. The van der Waals surface area contributed by atoms with E-state index < -0.39 is 75.9 Å². The maximum Gasteiger partial charge on any atom is 0.267 e. The highest BCUT2D eigenvalue weighted by atomic mass is 32.2. The lowest BCUT2D eigenvalue weighted by Crippen LogP contribution is -2.49. The lowest BCUT2D eigenvalue weighted by Gasteiger charge is -2.28. The van der Waals surface area contributed by atoms with Gasteiger partial charge in [0.1, 0.15) is 5.78 Å². The van der Waals surface area contributed by atoms with E-state index in [0.717, 1.165) is 0 Å². The molecule has 0 radical (unpaired) electrons. The number of amides is 2. The summed E-state index contributed by atoms with van der Waals surface area (Å²) in [7, 11) is -11.1. The molecule has 0 aliphatic rings. The molecule has 0 aromatic heterocycles. The highest BCUT2D eigenvalue weighted by Crippen LogP contribution is 2.23. The van der Waals surface area contributed by atoms with Crippen LogP contribution in [0, 0.1) is 5.41 Å². The summed E-state index contributed by atoms with van der Waals surface area (Å²) in [6, 6.07) is 0. The van der Waals surface area contributed by atoms with E-state index in [4.69, 9.17) is 13.7 Å². The van der Waals surface area contributed by atoms with Crippen molar-refractivity contribution in [3.05, 3.63) is 0 Å². The van der Waals surface area contributed by atoms with Crippen LogP contribution in [-0.2, 0) is 44.7 Å². The van der Waals surface area contributed by atoms with Crippen LogP contribution in [0.2, 0.25) is 0 Å². The minimum absolute atomic E-state index is 0.0133. The van der Waals surface area contributed by atoms with Crippen molar-refractivity contribution < 1.29 is 53.3 Å². The Bertz CT molecular complexity index is 1260. The monoisotopic (exact) mass is 708 g/mol. The van der Waals surface area contributed by atoms with Crippen LogP contribution in [0.3, 0.4) is 0 Å². The summed E-state index contributed by atoms with van der Waals surface area (Å²) in [6.45, 7) is 10.7. The molecule has 0 saturated heterocycles. The van der Waals surface area contributed by atoms with Crippen LogP contribution in [-0.4, -0.2) is 134 Å². The molecule has 0 aromatic rings. The molecule has 2 amide bonds. The average Bonchev–Trinajstić information content (AvgIpc) is 2.72. The van der Waals surface area contributed by atoms with Crippen molar-refractivity contribution in [2.24, 2.45) is 5.41 Å². The third-order valence-corrected chi connectivity index (χ3v) is 9.71. The van der Waals surface area contributed by atoms with Crippen molar-refractivity contribution in [2.75, 3.05) is 57.0 Å². The van der Waals surface area contributed by atoms with E-state index in [1.54, 1.807) is 20.9 Å². The zero-order valence-corrected chi connectivity index (χ0v) is 29.8.